The highest BCUT2D eigenvalue weighted by Gasteiger charge is 2.40. The Hall–Kier alpha value is -2.13. The molecule has 1 aliphatic rings. The van der Waals surface area contributed by atoms with Gasteiger partial charge in [0.05, 0.1) is 20.7 Å². The number of nitrogens with one attached hydrogen (secondary N) is 1. The number of alkyl halides is 3. The molecular formula is C19H16ClF4NO3S. The molecule has 0 saturated heterocycles. The average Bonchev–Trinajstić information content (AvgIpc) is 2.61. The van der Waals surface area contributed by atoms with Crippen molar-refractivity contribution >= 4 is 27.3 Å². The van der Waals surface area contributed by atoms with Gasteiger partial charge in [0.1, 0.15) is 5.82 Å². The molecule has 0 atom stereocenters. The minimum Gasteiger partial charge on any atom is -0.352 e. The summed E-state index contributed by atoms with van der Waals surface area (Å²) in [7, 11) is -3.89. The van der Waals surface area contributed by atoms with Crippen LogP contribution in [0.25, 0.3) is 0 Å². The zero-order chi connectivity index (χ0) is 21.4. The summed E-state index contributed by atoms with van der Waals surface area (Å²) in [6.45, 7) is 0.197. The number of amides is 1. The fourth-order valence-electron chi connectivity index (χ4n) is 3.11. The van der Waals surface area contributed by atoms with Crippen LogP contribution in [0.1, 0.15) is 28.8 Å². The Labute approximate surface area is 169 Å². The predicted octanol–water partition coefficient (Wildman–Crippen LogP) is 4.48. The Bertz CT molecular complexity index is 1030. The quantitative estimate of drug-likeness (QED) is 0.684. The molecule has 0 bridgehead atoms. The lowest BCUT2D eigenvalue weighted by Crippen LogP contribution is -2.42. The molecule has 0 unspecified atom stereocenters. The molecule has 10 heteroatoms. The number of halogens is 5. The summed E-state index contributed by atoms with van der Waals surface area (Å²) in [6.07, 6.45) is -4.17. The number of carbonyl (C=O) groups is 1. The molecule has 3 rings (SSSR count). The van der Waals surface area contributed by atoms with E-state index in [2.05, 4.69) is 5.32 Å². The number of hydrogen-bond donors (Lipinski definition) is 1. The molecule has 1 saturated carbocycles. The lowest BCUT2D eigenvalue weighted by Gasteiger charge is -2.35. The van der Waals surface area contributed by atoms with E-state index in [-0.39, 0.29) is 40.8 Å². The van der Waals surface area contributed by atoms with Gasteiger partial charge < -0.3 is 5.32 Å². The molecule has 2 aromatic rings. The first-order valence-electron chi connectivity index (χ1n) is 8.63. The number of sulfone groups is 1. The summed E-state index contributed by atoms with van der Waals surface area (Å²) in [4.78, 5) is 11.7. The Morgan fingerprint density at radius 2 is 1.83 bits per heavy atom. The van der Waals surface area contributed by atoms with Crippen LogP contribution in [0.2, 0.25) is 5.02 Å². The summed E-state index contributed by atoms with van der Waals surface area (Å²) in [5, 5.41) is 1.64. The van der Waals surface area contributed by atoms with Crippen molar-refractivity contribution in [3.63, 3.8) is 0 Å². The highest BCUT2D eigenvalue weighted by molar-refractivity contribution is 7.92. The van der Waals surface area contributed by atoms with Crippen LogP contribution in [0.15, 0.2) is 47.4 Å². The molecule has 4 nitrogen and oxygen atoms in total. The topological polar surface area (TPSA) is 63.2 Å². The van der Waals surface area contributed by atoms with E-state index in [9.17, 15) is 30.8 Å². The molecule has 2 aromatic carbocycles. The lowest BCUT2D eigenvalue weighted by molar-refractivity contribution is -0.137. The first-order chi connectivity index (χ1) is 13.5. The molecule has 1 amide bonds. The van der Waals surface area contributed by atoms with Gasteiger partial charge in [0.2, 0.25) is 0 Å². The third kappa shape index (κ3) is 4.72. The third-order valence-corrected chi connectivity index (χ3v) is 7.32. The van der Waals surface area contributed by atoms with Gasteiger partial charge in [0.25, 0.3) is 5.91 Å². The van der Waals surface area contributed by atoms with Crippen molar-refractivity contribution in [2.75, 3.05) is 6.54 Å². The lowest BCUT2D eigenvalue weighted by atomic mass is 9.85. The Balaban J connectivity index is 1.58. The maximum absolute atomic E-state index is 13.1. The fraction of sp³-hybridized carbons (Fsp3) is 0.316. The maximum atomic E-state index is 13.1. The van der Waals surface area contributed by atoms with E-state index in [0.717, 1.165) is 24.3 Å². The van der Waals surface area contributed by atoms with Crippen LogP contribution in [0.3, 0.4) is 0 Å². The first-order valence-corrected chi connectivity index (χ1v) is 10.6. The van der Waals surface area contributed by atoms with Gasteiger partial charge in [-0.1, -0.05) is 17.7 Å². The van der Waals surface area contributed by atoms with Crippen LogP contribution in [0.4, 0.5) is 17.6 Å². The number of benzene rings is 2. The van der Waals surface area contributed by atoms with Crippen LogP contribution >= 0.6 is 11.6 Å². The van der Waals surface area contributed by atoms with Crippen LogP contribution in [0, 0.1) is 11.7 Å². The monoisotopic (exact) mass is 449 g/mol. The van der Waals surface area contributed by atoms with E-state index < -0.39 is 38.6 Å². The van der Waals surface area contributed by atoms with Gasteiger partial charge in [-0.3, -0.25) is 4.79 Å². The van der Waals surface area contributed by atoms with Crippen molar-refractivity contribution in [2.45, 2.75) is 29.2 Å². The summed E-state index contributed by atoms with van der Waals surface area (Å²) < 4.78 is 76.7. The summed E-state index contributed by atoms with van der Waals surface area (Å²) in [5.41, 5.74) is -0.844. The molecule has 1 N–H and O–H groups in total. The van der Waals surface area contributed by atoms with Crippen molar-refractivity contribution in [3.05, 3.63) is 64.4 Å². The second-order valence-corrected chi connectivity index (χ2v) is 9.50. The standard InChI is InChI=1S/C19H16ClF4NO3S/c20-16-8-12(4-5-17(16)21)18(26)25-10-11-6-15(7-11)29(27,28)14-3-1-2-13(9-14)19(22,23)24/h1-5,8-9,11,15H,6-7,10H2,(H,25,26). The van der Waals surface area contributed by atoms with E-state index in [4.69, 9.17) is 11.6 Å². The molecule has 156 valence electrons. The van der Waals surface area contributed by atoms with Gasteiger partial charge >= 0.3 is 6.18 Å². The van der Waals surface area contributed by atoms with E-state index in [1.165, 1.54) is 12.1 Å². The number of rotatable bonds is 5. The molecule has 0 spiro atoms. The molecule has 0 aromatic heterocycles. The summed E-state index contributed by atoms with van der Waals surface area (Å²) >= 11 is 5.63. The van der Waals surface area contributed by atoms with Gasteiger partial charge in [-0.05, 0) is 55.2 Å². The van der Waals surface area contributed by atoms with Crippen LogP contribution < -0.4 is 5.32 Å². The van der Waals surface area contributed by atoms with Gasteiger partial charge in [0, 0.05) is 12.1 Å². The van der Waals surface area contributed by atoms with Crippen molar-refractivity contribution in [3.8, 4) is 0 Å². The molecule has 0 heterocycles. The van der Waals surface area contributed by atoms with E-state index in [1.54, 1.807) is 0 Å². The Kier molecular flexibility index (Phi) is 5.91. The van der Waals surface area contributed by atoms with Crippen LogP contribution in [-0.4, -0.2) is 26.1 Å². The van der Waals surface area contributed by atoms with E-state index in [0.29, 0.717) is 6.07 Å². The fourth-order valence-corrected chi connectivity index (χ4v) is 5.29. The zero-order valence-corrected chi connectivity index (χ0v) is 16.4. The number of hydrogen-bond acceptors (Lipinski definition) is 3. The normalized spacial score (nSPS) is 19.5. The SMILES string of the molecule is O=C(NCC1CC(S(=O)(=O)c2cccc(C(F)(F)F)c2)C1)c1ccc(F)c(Cl)c1. The molecule has 29 heavy (non-hydrogen) atoms. The smallest absolute Gasteiger partial charge is 0.352 e. The molecule has 1 aliphatic carbocycles. The van der Waals surface area contributed by atoms with Gasteiger partial charge in [-0.2, -0.15) is 13.2 Å². The van der Waals surface area contributed by atoms with Gasteiger partial charge in [-0.25, -0.2) is 12.8 Å². The van der Waals surface area contributed by atoms with Crippen LogP contribution in [-0.2, 0) is 16.0 Å². The minimum atomic E-state index is -4.62. The van der Waals surface area contributed by atoms with E-state index in [1.807, 2.05) is 0 Å². The van der Waals surface area contributed by atoms with Crippen molar-refractivity contribution in [2.24, 2.45) is 5.92 Å². The second kappa shape index (κ2) is 7.95. The number of carbonyl (C=O) groups excluding carboxylic acids is 1. The molecular weight excluding hydrogens is 434 g/mol. The van der Waals surface area contributed by atoms with Crippen molar-refractivity contribution in [1.29, 1.82) is 0 Å². The Morgan fingerprint density at radius 3 is 2.45 bits per heavy atom. The van der Waals surface area contributed by atoms with Crippen molar-refractivity contribution < 1.29 is 30.8 Å². The highest BCUT2D eigenvalue weighted by Crippen LogP contribution is 2.37. The van der Waals surface area contributed by atoms with Gasteiger partial charge in [-0.15, -0.1) is 0 Å². The maximum Gasteiger partial charge on any atom is 0.416 e. The van der Waals surface area contributed by atoms with Gasteiger partial charge in [0.15, 0.2) is 9.84 Å². The predicted molar refractivity (Wildman–Crippen MR) is 98.9 cm³/mol. The molecule has 1 fully saturated rings. The highest BCUT2D eigenvalue weighted by atomic mass is 35.5. The second-order valence-electron chi connectivity index (χ2n) is 6.87. The van der Waals surface area contributed by atoms with E-state index >= 15 is 0 Å². The third-order valence-electron chi connectivity index (χ3n) is 4.85. The first kappa shape index (κ1) is 21.6. The molecule has 0 radical (unpaired) electrons. The average molecular weight is 450 g/mol. The minimum absolute atomic E-state index is 0.125. The largest absolute Gasteiger partial charge is 0.416 e. The zero-order valence-electron chi connectivity index (χ0n) is 14.8. The summed E-state index contributed by atoms with van der Waals surface area (Å²) in [5.74, 6) is -1.25. The Morgan fingerprint density at radius 1 is 1.14 bits per heavy atom. The van der Waals surface area contributed by atoms with Crippen molar-refractivity contribution in [1.82, 2.24) is 5.32 Å². The van der Waals surface area contributed by atoms with Crippen LogP contribution in [0.5, 0.6) is 0 Å². The summed E-state index contributed by atoms with van der Waals surface area (Å²) in [6, 6.07) is 7.21. The molecule has 0 aliphatic heterocycles.